The van der Waals surface area contributed by atoms with Gasteiger partial charge in [0.25, 0.3) is 0 Å². The molecule has 34 heavy (non-hydrogen) atoms. The number of benzene rings is 2. The van der Waals surface area contributed by atoms with Gasteiger partial charge in [-0.1, -0.05) is 101 Å². The van der Waals surface area contributed by atoms with Crippen molar-refractivity contribution in [2.45, 2.75) is 105 Å². The number of rotatable bonds is 2. The molecular weight excluding hydrogens is 459 g/mol. The zero-order chi connectivity index (χ0) is 25.0. The van der Waals surface area contributed by atoms with Gasteiger partial charge < -0.3 is 9.80 Å². The Labute approximate surface area is 219 Å². The second-order valence-electron chi connectivity index (χ2n) is 13.6. The number of hydrogen-bond donors (Lipinski definition) is 0. The molecule has 0 radical (unpaired) electrons. The molecule has 2 aromatic rings. The van der Waals surface area contributed by atoms with Crippen LogP contribution in [0.15, 0.2) is 42.7 Å². The van der Waals surface area contributed by atoms with E-state index in [2.05, 4.69) is 148 Å². The van der Waals surface area contributed by atoms with Gasteiger partial charge in [-0.15, -0.1) is 17.9 Å². The first kappa shape index (κ1) is 28.5. The predicted octanol–water partition coefficient (Wildman–Crippen LogP) is 8.32. The molecule has 1 heterocycles. The SMILES string of the molecule is CC(C)(C)c1[c-]c(N2C=CN(c3cc(C(C)(C)C)ccc3C(C)(C)C)[CH-]2)c(C(C)(C)C)cc1.[NiH]. The van der Waals surface area contributed by atoms with Gasteiger partial charge in [-0.2, -0.15) is 23.8 Å². The summed E-state index contributed by atoms with van der Waals surface area (Å²) in [4.78, 5) is 4.52. The van der Waals surface area contributed by atoms with Crippen molar-refractivity contribution in [3.8, 4) is 0 Å². The van der Waals surface area contributed by atoms with Crippen molar-refractivity contribution in [2.75, 3.05) is 9.80 Å². The van der Waals surface area contributed by atoms with E-state index in [1.807, 2.05) is 0 Å². The molecule has 0 saturated carbocycles. The van der Waals surface area contributed by atoms with Gasteiger partial charge in [0.1, 0.15) is 0 Å². The summed E-state index contributed by atoms with van der Waals surface area (Å²) in [5.74, 6) is 0. The van der Waals surface area contributed by atoms with Crippen LogP contribution in [0.4, 0.5) is 11.4 Å². The molecule has 1 aliphatic heterocycles. The van der Waals surface area contributed by atoms with Crippen LogP contribution in [0.2, 0.25) is 0 Å². The fraction of sp³-hybridized carbons (Fsp3) is 0.516. The Morgan fingerprint density at radius 3 is 1.65 bits per heavy atom. The van der Waals surface area contributed by atoms with Gasteiger partial charge in [-0.05, 0) is 45.8 Å². The van der Waals surface area contributed by atoms with Gasteiger partial charge in [-0.3, -0.25) is 0 Å². The molecule has 0 unspecified atom stereocenters. The predicted molar refractivity (Wildman–Crippen MR) is 146 cm³/mol. The molecule has 2 aromatic carbocycles. The molecule has 0 aromatic heterocycles. The molecule has 3 rings (SSSR count). The van der Waals surface area contributed by atoms with Crippen LogP contribution in [0.5, 0.6) is 0 Å². The van der Waals surface area contributed by atoms with Crippen LogP contribution in [0.25, 0.3) is 0 Å². The molecule has 0 N–H and O–H groups in total. The fourth-order valence-corrected chi connectivity index (χ4v) is 4.20. The molecule has 191 valence electrons. The zero-order valence-corrected chi connectivity index (χ0v) is 24.4. The number of anilines is 2. The minimum absolute atomic E-state index is 0. The van der Waals surface area contributed by atoms with Gasteiger partial charge in [0.15, 0.2) is 0 Å². The first-order valence-corrected chi connectivity index (χ1v) is 12.2. The Morgan fingerprint density at radius 2 is 1.15 bits per heavy atom. The third-order valence-electron chi connectivity index (χ3n) is 6.39. The Hall–Kier alpha value is -1.73. The summed E-state index contributed by atoms with van der Waals surface area (Å²) in [5.41, 5.74) is 7.85. The summed E-state index contributed by atoms with van der Waals surface area (Å²) < 4.78 is 0. The summed E-state index contributed by atoms with van der Waals surface area (Å²) in [5, 5.41) is 0. The first-order valence-electron chi connectivity index (χ1n) is 12.2. The third-order valence-corrected chi connectivity index (χ3v) is 6.39. The van der Waals surface area contributed by atoms with E-state index in [-0.39, 0.29) is 38.2 Å². The zero-order valence-electron chi connectivity index (χ0n) is 23.3. The number of nitrogens with zero attached hydrogens (tertiary/aromatic N) is 2. The van der Waals surface area contributed by atoms with Gasteiger partial charge in [0.2, 0.25) is 0 Å². The van der Waals surface area contributed by atoms with E-state index in [0.717, 1.165) is 5.69 Å². The molecule has 3 heteroatoms. The standard InChI is InChI=1S/C31H44N2.Ni.H/c1-28(2,3)22-13-15-24(30(7,8)9)26(19-22)32-17-18-33(21-32)27-20-23(29(4,5)6)14-16-25(27)31(10,11)12;;/h13-19,21H,1-12H3;;/q-2;;. The van der Waals surface area contributed by atoms with Crippen LogP contribution < -0.4 is 9.80 Å². The van der Waals surface area contributed by atoms with E-state index < -0.39 is 0 Å². The van der Waals surface area contributed by atoms with Crippen molar-refractivity contribution in [1.29, 1.82) is 0 Å². The normalized spacial score (nSPS) is 15.1. The van der Waals surface area contributed by atoms with E-state index in [1.54, 1.807) is 0 Å². The quantitative estimate of drug-likeness (QED) is 0.300. The van der Waals surface area contributed by atoms with E-state index in [4.69, 9.17) is 0 Å². The fourth-order valence-electron chi connectivity index (χ4n) is 4.20. The molecule has 0 fully saturated rings. The molecule has 2 nitrogen and oxygen atoms in total. The van der Waals surface area contributed by atoms with Crippen molar-refractivity contribution in [3.63, 3.8) is 0 Å². The van der Waals surface area contributed by atoms with Gasteiger partial charge in [-0.25, -0.2) is 0 Å². The van der Waals surface area contributed by atoms with Crippen LogP contribution in [0.1, 0.15) is 105 Å². The maximum atomic E-state index is 3.77. The molecule has 0 amide bonds. The Balaban J connectivity index is 0.00000408. The average molecular weight is 504 g/mol. The Morgan fingerprint density at radius 1 is 0.618 bits per heavy atom. The first-order chi connectivity index (χ1) is 14.9. The molecule has 0 spiro atoms. The van der Waals surface area contributed by atoms with Crippen molar-refractivity contribution < 1.29 is 16.5 Å². The van der Waals surface area contributed by atoms with Crippen LogP contribution in [0.3, 0.4) is 0 Å². The van der Waals surface area contributed by atoms with Gasteiger partial charge in [0, 0.05) is 5.69 Å². The van der Waals surface area contributed by atoms with Crippen LogP contribution in [0, 0.1) is 12.7 Å². The van der Waals surface area contributed by atoms with Gasteiger partial charge >= 0.3 is 16.5 Å². The Bertz CT molecular complexity index is 954. The summed E-state index contributed by atoms with van der Waals surface area (Å²) in [6.07, 6.45) is 4.35. The molecule has 0 aliphatic carbocycles. The van der Waals surface area contributed by atoms with Crippen molar-refractivity contribution >= 4 is 11.4 Å². The molecule has 0 atom stereocenters. The second kappa shape index (κ2) is 9.38. The Kier molecular flexibility index (Phi) is 7.87. The van der Waals surface area contributed by atoms with Crippen LogP contribution in [-0.2, 0) is 38.2 Å². The van der Waals surface area contributed by atoms with E-state index in [0.29, 0.717) is 0 Å². The van der Waals surface area contributed by atoms with Crippen LogP contribution >= 0.6 is 0 Å². The van der Waals surface area contributed by atoms with E-state index >= 15 is 0 Å². The number of hydrogen-bond acceptors (Lipinski definition) is 2. The van der Waals surface area contributed by atoms with E-state index in [9.17, 15) is 0 Å². The van der Waals surface area contributed by atoms with Crippen molar-refractivity contribution in [2.24, 2.45) is 0 Å². The van der Waals surface area contributed by atoms with Crippen molar-refractivity contribution in [1.82, 2.24) is 0 Å². The van der Waals surface area contributed by atoms with Gasteiger partial charge in [0.05, 0.1) is 0 Å². The van der Waals surface area contributed by atoms with E-state index in [1.165, 1.54) is 27.9 Å². The monoisotopic (exact) mass is 503 g/mol. The second-order valence-corrected chi connectivity index (χ2v) is 13.6. The molecule has 1 aliphatic rings. The summed E-state index contributed by atoms with van der Waals surface area (Å²) in [6, 6.07) is 15.3. The minimum atomic E-state index is 0. The van der Waals surface area contributed by atoms with Crippen LogP contribution in [-0.4, -0.2) is 0 Å². The molecule has 0 bridgehead atoms. The maximum absolute atomic E-state index is 3.77. The van der Waals surface area contributed by atoms with Crippen molar-refractivity contribution in [3.05, 3.63) is 77.7 Å². The summed E-state index contributed by atoms with van der Waals surface area (Å²) in [6.45, 7) is 29.5. The topological polar surface area (TPSA) is 6.48 Å². The molecular formula is C31H45N2Ni-2. The third kappa shape index (κ3) is 6.09. The molecule has 0 saturated heterocycles. The average Bonchev–Trinajstić information content (AvgIpc) is 3.14. The summed E-state index contributed by atoms with van der Waals surface area (Å²) in [7, 11) is 0. The summed E-state index contributed by atoms with van der Waals surface area (Å²) >= 11 is 0.